The van der Waals surface area contributed by atoms with Crippen LogP contribution in [-0.2, 0) is 11.3 Å². The van der Waals surface area contributed by atoms with Crippen molar-refractivity contribution in [2.24, 2.45) is 5.92 Å². The molecule has 2 aromatic rings. The van der Waals surface area contributed by atoms with Gasteiger partial charge in [0.1, 0.15) is 5.54 Å². The largest absolute Gasteiger partial charge is 0.337 e. The van der Waals surface area contributed by atoms with Crippen molar-refractivity contribution in [2.75, 3.05) is 0 Å². The van der Waals surface area contributed by atoms with E-state index in [0.717, 1.165) is 25.7 Å². The van der Waals surface area contributed by atoms with Crippen LogP contribution in [0, 0.1) is 17.2 Å². The molecule has 0 aliphatic heterocycles. The summed E-state index contributed by atoms with van der Waals surface area (Å²) in [6.07, 6.45) is 5.16. The first-order valence-electron chi connectivity index (χ1n) is 10.8. The molecule has 1 aliphatic rings. The molecular weight excluding hydrogens is 432 g/mol. The molecule has 1 fully saturated rings. The molecule has 1 aromatic heterocycles. The minimum atomic E-state index is -0.786. The predicted molar refractivity (Wildman–Crippen MR) is 125 cm³/mol. The van der Waals surface area contributed by atoms with E-state index in [1.165, 1.54) is 11.8 Å². The van der Waals surface area contributed by atoms with Gasteiger partial charge in [-0.2, -0.15) is 5.26 Å². The SMILES string of the molecule is CC(C)CCn1c(SC(C)C(=O)NC2(C#N)CCCCC2)nc2cc(Cl)ccc2c1=O. The molecule has 6 nitrogen and oxygen atoms in total. The van der Waals surface area contributed by atoms with Crippen LogP contribution in [0.2, 0.25) is 5.02 Å². The van der Waals surface area contributed by atoms with Gasteiger partial charge in [0.25, 0.3) is 5.56 Å². The summed E-state index contributed by atoms with van der Waals surface area (Å²) in [7, 11) is 0. The zero-order valence-corrected chi connectivity index (χ0v) is 19.9. The fourth-order valence-corrected chi connectivity index (χ4v) is 4.92. The number of thioether (sulfide) groups is 1. The molecule has 1 unspecified atom stereocenters. The van der Waals surface area contributed by atoms with Crippen molar-refractivity contribution in [2.45, 2.75) is 81.8 Å². The second-order valence-electron chi connectivity index (χ2n) is 8.70. The number of hydrogen-bond donors (Lipinski definition) is 1. The molecule has 1 N–H and O–H groups in total. The molecule has 0 bridgehead atoms. The Morgan fingerprint density at radius 3 is 2.68 bits per heavy atom. The average Bonchev–Trinajstić information content (AvgIpc) is 2.73. The van der Waals surface area contributed by atoms with Gasteiger partial charge in [-0.15, -0.1) is 0 Å². The number of nitrogens with zero attached hydrogens (tertiary/aromatic N) is 3. The van der Waals surface area contributed by atoms with Crippen LogP contribution in [0.25, 0.3) is 10.9 Å². The molecule has 166 valence electrons. The summed E-state index contributed by atoms with van der Waals surface area (Å²) in [4.78, 5) is 30.8. The fourth-order valence-electron chi connectivity index (χ4n) is 3.82. The average molecular weight is 461 g/mol. The van der Waals surface area contributed by atoms with E-state index in [0.29, 0.717) is 46.4 Å². The smallest absolute Gasteiger partial charge is 0.262 e. The molecule has 1 atom stereocenters. The van der Waals surface area contributed by atoms with E-state index >= 15 is 0 Å². The summed E-state index contributed by atoms with van der Waals surface area (Å²) in [5.74, 6) is 0.220. The zero-order valence-electron chi connectivity index (χ0n) is 18.3. The minimum Gasteiger partial charge on any atom is -0.337 e. The lowest BCUT2D eigenvalue weighted by molar-refractivity contribution is -0.121. The number of nitriles is 1. The Bertz CT molecular complexity index is 1050. The maximum absolute atomic E-state index is 13.2. The molecule has 1 heterocycles. The van der Waals surface area contributed by atoms with Gasteiger partial charge in [0.15, 0.2) is 5.16 Å². The topological polar surface area (TPSA) is 87.8 Å². The van der Waals surface area contributed by atoms with E-state index in [1.807, 2.05) is 0 Å². The van der Waals surface area contributed by atoms with Crippen LogP contribution in [0.4, 0.5) is 0 Å². The molecule has 8 heteroatoms. The number of amides is 1. The number of aromatic nitrogens is 2. The van der Waals surface area contributed by atoms with E-state index in [2.05, 4.69) is 30.2 Å². The second-order valence-corrected chi connectivity index (χ2v) is 10.4. The highest BCUT2D eigenvalue weighted by molar-refractivity contribution is 8.00. The number of halogens is 1. The van der Waals surface area contributed by atoms with E-state index in [4.69, 9.17) is 11.6 Å². The summed E-state index contributed by atoms with van der Waals surface area (Å²) in [5, 5.41) is 13.7. The highest BCUT2D eigenvalue weighted by Crippen LogP contribution is 2.29. The van der Waals surface area contributed by atoms with Gasteiger partial charge in [-0.3, -0.25) is 14.2 Å². The number of carbonyl (C=O) groups is 1. The Morgan fingerprint density at radius 1 is 1.32 bits per heavy atom. The third-order valence-electron chi connectivity index (χ3n) is 5.75. The first kappa shape index (κ1) is 23.6. The lowest BCUT2D eigenvalue weighted by atomic mass is 9.83. The lowest BCUT2D eigenvalue weighted by Crippen LogP contribution is -2.51. The standard InChI is InChI=1S/C23H29ClN4O2S/c1-15(2)9-12-28-21(30)18-8-7-17(24)13-19(18)26-22(28)31-16(3)20(29)27-23(14-25)10-5-4-6-11-23/h7-8,13,15-16H,4-6,9-12H2,1-3H3,(H,27,29). The molecule has 0 spiro atoms. The van der Waals surface area contributed by atoms with Crippen molar-refractivity contribution < 1.29 is 4.79 Å². The maximum Gasteiger partial charge on any atom is 0.262 e. The number of benzene rings is 1. The molecular formula is C23H29ClN4O2S. The molecule has 31 heavy (non-hydrogen) atoms. The van der Waals surface area contributed by atoms with Gasteiger partial charge >= 0.3 is 0 Å². The van der Waals surface area contributed by atoms with Crippen LogP contribution in [0.3, 0.4) is 0 Å². The third-order valence-corrected chi connectivity index (χ3v) is 7.07. The number of fused-ring (bicyclic) bond motifs is 1. The van der Waals surface area contributed by atoms with E-state index in [1.54, 1.807) is 29.7 Å². The van der Waals surface area contributed by atoms with Crippen molar-refractivity contribution in [1.82, 2.24) is 14.9 Å². The first-order chi connectivity index (χ1) is 14.7. The summed E-state index contributed by atoms with van der Waals surface area (Å²) in [6, 6.07) is 7.38. The Labute approximate surface area is 192 Å². The Hall–Kier alpha value is -2.04. The minimum absolute atomic E-state index is 0.127. The normalized spacial score (nSPS) is 16.8. The summed E-state index contributed by atoms with van der Waals surface area (Å²) >= 11 is 7.36. The Kier molecular flexibility index (Phi) is 7.66. The van der Waals surface area contributed by atoms with Gasteiger partial charge in [0, 0.05) is 11.6 Å². The first-order valence-corrected chi connectivity index (χ1v) is 12.1. The van der Waals surface area contributed by atoms with Crippen LogP contribution >= 0.6 is 23.4 Å². The number of rotatable bonds is 7. The molecule has 1 saturated carbocycles. The van der Waals surface area contributed by atoms with Gasteiger partial charge in [0.05, 0.1) is 22.2 Å². The Morgan fingerprint density at radius 2 is 2.03 bits per heavy atom. The summed E-state index contributed by atoms with van der Waals surface area (Å²) < 4.78 is 1.66. The zero-order chi connectivity index (χ0) is 22.6. The molecule has 0 radical (unpaired) electrons. The van der Waals surface area contributed by atoms with Gasteiger partial charge in [-0.1, -0.05) is 56.5 Å². The van der Waals surface area contributed by atoms with Crippen molar-refractivity contribution in [3.8, 4) is 6.07 Å². The van der Waals surface area contributed by atoms with E-state index < -0.39 is 10.8 Å². The lowest BCUT2D eigenvalue weighted by Gasteiger charge is -2.32. The van der Waals surface area contributed by atoms with E-state index in [9.17, 15) is 14.9 Å². The quantitative estimate of drug-likeness (QED) is 0.468. The molecule has 0 saturated heterocycles. The Balaban J connectivity index is 1.89. The van der Waals surface area contributed by atoms with Crippen LogP contribution in [-0.4, -0.2) is 26.2 Å². The monoisotopic (exact) mass is 460 g/mol. The van der Waals surface area contributed by atoms with Crippen LogP contribution in [0.15, 0.2) is 28.2 Å². The van der Waals surface area contributed by atoms with Crippen molar-refractivity contribution >= 4 is 40.2 Å². The molecule has 1 aromatic carbocycles. The maximum atomic E-state index is 13.2. The van der Waals surface area contributed by atoms with Crippen LogP contribution < -0.4 is 10.9 Å². The highest BCUT2D eigenvalue weighted by Gasteiger charge is 2.35. The number of nitrogens with one attached hydrogen (secondary N) is 1. The molecule has 1 amide bonds. The van der Waals surface area contributed by atoms with Gasteiger partial charge in [-0.25, -0.2) is 4.98 Å². The summed E-state index contributed by atoms with van der Waals surface area (Å²) in [5.41, 5.74) is -0.390. The van der Waals surface area contributed by atoms with Gasteiger partial charge in [-0.05, 0) is 50.3 Å². The van der Waals surface area contributed by atoms with Crippen molar-refractivity contribution in [1.29, 1.82) is 5.26 Å². The molecule has 3 rings (SSSR count). The summed E-state index contributed by atoms with van der Waals surface area (Å²) in [6.45, 7) is 6.53. The van der Waals surface area contributed by atoms with Gasteiger partial charge in [0.2, 0.25) is 5.91 Å². The number of carbonyl (C=O) groups excluding carboxylic acids is 1. The second kappa shape index (κ2) is 10.1. The molecule has 1 aliphatic carbocycles. The van der Waals surface area contributed by atoms with E-state index in [-0.39, 0.29) is 11.5 Å². The van der Waals surface area contributed by atoms with Crippen molar-refractivity contribution in [3.05, 3.63) is 33.6 Å². The number of hydrogen-bond acceptors (Lipinski definition) is 5. The van der Waals surface area contributed by atoms with Crippen molar-refractivity contribution in [3.63, 3.8) is 0 Å². The highest BCUT2D eigenvalue weighted by atomic mass is 35.5. The van der Waals surface area contributed by atoms with Gasteiger partial charge < -0.3 is 5.32 Å². The fraction of sp³-hybridized carbons (Fsp3) is 0.565. The third kappa shape index (κ3) is 5.61. The van der Waals surface area contributed by atoms with Crippen LogP contribution in [0.1, 0.15) is 59.3 Å². The van der Waals surface area contributed by atoms with Crippen LogP contribution in [0.5, 0.6) is 0 Å². The predicted octanol–water partition coefficient (Wildman–Crippen LogP) is 4.92.